The lowest BCUT2D eigenvalue weighted by Crippen LogP contribution is -2.41. The third-order valence-electron chi connectivity index (χ3n) is 4.03. The second-order valence-electron chi connectivity index (χ2n) is 5.31. The highest BCUT2D eigenvalue weighted by Crippen LogP contribution is 2.35. The monoisotopic (exact) mass is 282 g/mol. The fourth-order valence-corrected chi connectivity index (χ4v) is 4.50. The van der Waals surface area contributed by atoms with Gasteiger partial charge in [0.2, 0.25) is 10.0 Å². The van der Waals surface area contributed by atoms with Crippen LogP contribution < -0.4 is 10.5 Å². The maximum atomic E-state index is 12.4. The maximum Gasteiger partial charge on any atom is 0.241 e. The zero-order valence-corrected chi connectivity index (χ0v) is 11.6. The highest BCUT2D eigenvalue weighted by atomic mass is 32.2. The lowest BCUT2D eigenvalue weighted by Gasteiger charge is -2.20. The van der Waals surface area contributed by atoms with E-state index in [4.69, 9.17) is 10.5 Å². The molecule has 2 aliphatic rings. The fourth-order valence-electron chi connectivity index (χ4n) is 2.95. The van der Waals surface area contributed by atoms with Crippen LogP contribution in [-0.2, 0) is 14.8 Å². The van der Waals surface area contributed by atoms with Gasteiger partial charge in [-0.2, -0.15) is 0 Å². The summed E-state index contributed by atoms with van der Waals surface area (Å²) in [5.74, 6) is 0. The topological polar surface area (TPSA) is 81.4 Å². The molecule has 0 aliphatic carbocycles. The second-order valence-corrected chi connectivity index (χ2v) is 6.99. The third kappa shape index (κ3) is 2.24. The van der Waals surface area contributed by atoms with Crippen LogP contribution in [0.15, 0.2) is 23.1 Å². The van der Waals surface area contributed by atoms with Gasteiger partial charge in [-0.25, -0.2) is 13.1 Å². The number of sulfonamides is 1. The second kappa shape index (κ2) is 4.47. The smallest absolute Gasteiger partial charge is 0.241 e. The molecule has 1 aromatic rings. The van der Waals surface area contributed by atoms with Gasteiger partial charge < -0.3 is 10.5 Å². The Bertz CT molecular complexity index is 600. The van der Waals surface area contributed by atoms with Gasteiger partial charge in [-0.3, -0.25) is 0 Å². The summed E-state index contributed by atoms with van der Waals surface area (Å²) in [7, 11) is -3.53. The van der Waals surface area contributed by atoms with E-state index >= 15 is 0 Å². The van der Waals surface area contributed by atoms with E-state index in [0.717, 1.165) is 19.3 Å². The summed E-state index contributed by atoms with van der Waals surface area (Å²) in [6.45, 7) is 1.72. The number of fused-ring (bicyclic) bond motifs is 2. The van der Waals surface area contributed by atoms with Crippen LogP contribution in [0.5, 0.6) is 0 Å². The molecule has 0 spiro atoms. The number of benzene rings is 1. The highest BCUT2D eigenvalue weighted by molar-refractivity contribution is 7.89. The molecule has 1 aromatic carbocycles. The molecule has 2 saturated heterocycles. The molecule has 2 aliphatic heterocycles. The van der Waals surface area contributed by atoms with Crippen LogP contribution in [0.2, 0.25) is 0 Å². The van der Waals surface area contributed by atoms with Gasteiger partial charge in [-0.1, -0.05) is 6.07 Å². The molecule has 0 aromatic heterocycles. The molecule has 5 nitrogen and oxygen atoms in total. The van der Waals surface area contributed by atoms with Gasteiger partial charge in [0.25, 0.3) is 0 Å². The lowest BCUT2D eigenvalue weighted by atomic mass is 9.96. The molecule has 3 unspecified atom stereocenters. The molecule has 3 rings (SSSR count). The molecule has 2 fully saturated rings. The largest absolute Gasteiger partial charge is 0.398 e. The van der Waals surface area contributed by atoms with Crippen molar-refractivity contribution in [2.24, 2.45) is 0 Å². The Morgan fingerprint density at radius 1 is 1.37 bits per heavy atom. The number of anilines is 1. The summed E-state index contributed by atoms with van der Waals surface area (Å²) < 4.78 is 33.3. The highest BCUT2D eigenvalue weighted by Gasteiger charge is 2.42. The quantitative estimate of drug-likeness (QED) is 0.816. The van der Waals surface area contributed by atoms with E-state index in [1.54, 1.807) is 25.1 Å². The summed E-state index contributed by atoms with van der Waals surface area (Å²) in [5, 5.41) is 0. The van der Waals surface area contributed by atoms with E-state index in [-0.39, 0.29) is 23.1 Å². The Kier molecular flexibility index (Phi) is 3.03. The molecule has 19 heavy (non-hydrogen) atoms. The van der Waals surface area contributed by atoms with Crippen LogP contribution in [0.25, 0.3) is 0 Å². The Labute approximate surface area is 113 Å². The van der Waals surface area contributed by atoms with Gasteiger partial charge in [-0.05, 0) is 43.9 Å². The van der Waals surface area contributed by atoms with Crippen LogP contribution in [-0.4, -0.2) is 26.7 Å². The number of nitrogens with one attached hydrogen (secondary N) is 1. The molecule has 0 saturated carbocycles. The normalized spacial score (nSPS) is 29.8. The van der Waals surface area contributed by atoms with Crippen LogP contribution in [0.3, 0.4) is 0 Å². The van der Waals surface area contributed by atoms with Crippen molar-refractivity contribution in [3.63, 3.8) is 0 Å². The van der Waals surface area contributed by atoms with Crippen molar-refractivity contribution >= 4 is 15.7 Å². The molecular weight excluding hydrogens is 264 g/mol. The van der Waals surface area contributed by atoms with E-state index in [2.05, 4.69) is 4.72 Å². The van der Waals surface area contributed by atoms with Crippen LogP contribution in [0.1, 0.15) is 24.8 Å². The summed E-state index contributed by atoms with van der Waals surface area (Å²) >= 11 is 0. The van der Waals surface area contributed by atoms with Crippen LogP contribution >= 0.6 is 0 Å². The number of nitrogens with two attached hydrogens (primary N) is 1. The Morgan fingerprint density at radius 2 is 2.16 bits per heavy atom. The Balaban J connectivity index is 1.85. The van der Waals surface area contributed by atoms with Gasteiger partial charge >= 0.3 is 0 Å². The first-order chi connectivity index (χ1) is 8.97. The first kappa shape index (κ1) is 12.9. The van der Waals surface area contributed by atoms with E-state index in [9.17, 15) is 8.42 Å². The molecule has 2 heterocycles. The Hall–Kier alpha value is -1.11. The van der Waals surface area contributed by atoms with E-state index < -0.39 is 10.0 Å². The van der Waals surface area contributed by atoms with Gasteiger partial charge in [0.1, 0.15) is 0 Å². The number of hydrogen-bond donors (Lipinski definition) is 2. The lowest BCUT2D eigenvalue weighted by molar-refractivity contribution is 0.0996. The number of ether oxygens (including phenoxy) is 1. The molecule has 104 valence electrons. The van der Waals surface area contributed by atoms with Crippen molar-refractivity contribution in [3.05, 3.63) is 23.8 Å². The van der Waals surface area contributed by atoms with Gasteiger partial charge in [0.15, 0.2) is 0 Å². The minimum atomic E-state index is -3.53. The fraction of sp³-hybridized carbons (Fsp3) is 0.538. The average Bonchev–Trinajstić information content (AvgIpc) is 2.93. The molecule has 3 N–H and O–H groups in total. The van der Waals surface area contributed by atoms with Crippen molar-refractivity contribution in [3.8, 4) is 0 Å². The SMILES string of the molecule is Cc1c(N)cccc1S(=O)(=O)NC1CC2CCC1O2. The Morgan fingerprint density at radius 3 is 2.79 bits per heavy atom. The first-order valence-corrected chi connectivity index (χ1v) is 7.98. The minimum Gasteiger partial charge on any atom is -0.398 e. The van der Waals surface area contributed by atoms with Gasteiger partial charge in [-0.15, -0.1) is 0 Å². The van der Waals surface area contributed by atoms with Crippen LogP contribution in [0, 0.1) is 6.92 Å². The maximum absolute atomic E-state index is 12.4. The zero-order valence-electron chi connectivity index (χ0n) is 10.8. The predicted molar refractivity (Wildman–Crippen MR) is 72.2 cm³/mol. The molecule has 3 atom stereocenters. The van der Waals surface area contributed by atoms with Crippen molar-refractivity contribution < 1.29 is 13.2 Å². The molecule has 2 bridgehead atoms. The number of nitrogen functional groups attached to an aromatic ring is 1. The van der Waals surface area contributed by atoms with Crippen molar-refractivity contribution in [2.45, 2.75) is 49.3 Å². The molecule has 6 heteroatoms. The summed E-state index contributed by atoms with van der Waals surface area (Å²) in [6, 6.07) is 4.84. The van der Waals surface area contributed by atoms with Crippen LogP contribution in [0.4, 0.5) is 5.69 Å². The zero-order chi connectivity index (χ0) is 13.6. The average molecular weight is 282 g/mol. The summed E-state index contributed by atoms with van der Waals surface area (Å²) in [6.07, 6.45) is 3.00. The standard InChI is InChI=1S/C13H18N2O3S/c1-8-10(14)3-2-4-13(8)19(16,17)15-11-7-9-5-6-12(11)18-9/h2-4,9,11-12,15H,5-7,14H2,1H3. The summed E-state index contributed by atoms with van der Waals surface area (Å²) in [4.78, 5) is 0.260. The van der Waals surface area contributed by atoms with Gasteiger partial charge in [0, 0.05) is 5.69 Å². The van der Waals surface area contributed by atoms with Crippen molar-refractivity contribution in [1.29, 1.82) is 0 Å². The van der Waals surface area contributed by atoms with Crippen molar-refractivity contribution in [2.75, 3.05) is 5.73 Å². The third-order valence-corrected chi connectivity index (χ3v) is 5.66. The molecule has 0 radical (unpaired) electrons. The predicted octanol–water partition coefficient (Wildman–Crippen LogP) is 1.18. The van der Waals surface area contributed by atoms with E-state index in [0.29, 0.717) is 11.3 Å². The minimum absolute atomic E-state index is 0.0288. The van der Waals surface area contributed by atoms with Gasteiger partial charge in [0.05, 0.1) is 23.1 Å². The van der Waals surface area contributed by atoms with E-state index in [1.165, 1.54) is 0 Å². The number of hydrogen-bond acceptors (Lipinski definition) is 4. The van der Waals surface area contributed by atoms with Crippen molar-refractivity contribution in [1.82, 2.24) is 4.72 Å². The first-order valence-electron chi connectivity index (χ1n) is 6.50. The van der Waals surface area contributed by atoms with E-state index in [1.807, 2.05) is 0 Å². The summed E-state index contributed by atoms with van der Waals surface area (Å²) in [5.41, 5.74) is 6.86. The number of rotatable bonds is 3. The molecular formula is C13H18N2O3S. The molecule has 0 amide bonds.